The summed E-state index contributed by atoms with van der Waals surface area (Å²) in [5.74, 6) is 0.723. The number of thiocarbonyl (C=S) groups is 1. The number of nitrogens with one attached hydrogen (secondary N) is 2. The minimum atomic E-state index is -1.08. The van der Waals surface area contributed by atoms with Gasteiger partial charge in [-0.1, -0.05) is 33.6 Å². The van der Waals surface area contributed by atoms with Crippen LogP contribution >= 0.6 is 28.1 Å². The molecule has 0 radical (unpaired) electrons. The van der Waals surface area contributed by atoms with Gasteiger partial charge >= 0.3 is 0 Å². The molecule has 2 bridgehead atoms. The highest BCUT2D eigenvalue weighted by Crippen LogP contribution is 2.50. The molecule has 0 spiro atoms. The summed E-state index contributed by atoms with van der Waals surface area (Å²) in [7, 11) is 0. The van der Waals surface area contributed by atoms with Crippen LogP contribution in [0, 0.1) is 19.8 Å². The maximum Gasteiger partial charge on any atom is 0.236 e. The van der Waals surface area contributed by atoms with E-state index in [9.17, 15) is 4.79 Å². The van der Waals surface area contributed by atoms with Gasteiger partial charge in [-0.15, -0.1) is 0 Å². The van der Waals surface area contributed by atoms with E-state index in [-0.39, 0.29) is 11.9 Å². The van der Waals surface area contributed by atoms with Crippen molar-refractivity contribution in [2.45, 2.75) is 39.5 Å². The van der Waals surface area contributed by atoms with E-state index in [0.717, 1.165) is 38.3 Å². The molecule has 1 fully saturated rings. The summed E-state index contributed by atoms with van der Waals surface area (Å²) < 4.78 is 13.2. The van der Waals surface area contributed by atoms with Gasteiger partial charge in [0.1, 0.15) is 17.4 Å². The Balaban J connectivity index is 1.59. The van der Waals surface area contributed by atoms with Crippen LogP contribution < -0.4 is 25.0 Å². The first kappa shape index (κ1) is 24.6. The predicted octanol–water partition coefficient (Wildman–Crippen LogP) is 6.26. The van der Waals surface area contributed by atoms with Crippen LogP contribution in [0.3, 0.4) is 0 Å². The van der Waals surface area contributed by atoms with Crippen molar-refractivity contribution in [2.75, 3.05) is 16.8 Å². The third-order valence-corrected chi connectivity index (χ3v) is 7.58. The first-order valence-corrected chi connectivity index (χ1v) is 13.1. The molecule has 0 unspecified atom stereocenters. The van der Waals surface area contributed by atoms with Crippen molar-refractivity contribution in [3.8, 4) is 11.5 Å². The minimum absolute atomic E-state index is 0.147. The molecule has 1 amide bonds. The molecule has 36 heavy (non-hydrogen) atoms. The van der Waals surface area contributed by atoms with Gasteiger partial charge in [0.05, 0.1) is 12.6 Å². The van der Waals surface area contributed by atoms with E-state index in [1.807, 2.05) is 87.2 Å². The van der Waals surface area contributed by atoms with Crippen LogP contribution in [-0.4, -0.2) is 23.4 Å². The number of carbonyl (C=O) groups is 1. The van der Waals surface area contributed by atoms with E-state index in [4.69, 9.17) is 21.7 Å². The number of aryl methyl sites for hydroxylation is 2. The van der Waals surface area contributed by atoms with Gasteiger partial charge in [0.25, 0.3) is 0 Å². The number of benzene rings is 3. The number of hydrogen-bond acceptors (Lipinski definition) is 4. The average Bonchev–Trinajstić information content (AvgIpc) is 2.82. The molecule has 3 aromatic carbocycles. The summed E-state index contributed by atoms with van der Waals surface area (Å²) >= 11 is 9.41. The molecule has 2 heterocycles. The molecule has 1 saturated heterocycles. The first-order valence-electron chi connectivity index (χ1n) is 11.9. The molecular formula is C28H28BrN3O3S. The number of ether oxygens (including phenoxy) is 2. The lowest BCUT2D eigenvalue weighted by Gasteiger charge is -2.56. The zero-order valence-electron chi connectivity index (χ0n) is 20.6. The molecule has 3 atom stereocenters. The number of nitrogens with zero attached hydrogens (tertiary/aromatic N) is 1. The van der Waals surface area contributed by atoms with Crippen LogP contribution in [0.15, 0.2) is 65.1 Å². The van der Waals surface area contributed by atoms with Gasteiger partial charge in [0.2, 0.25) is 5.91 Å². The van der Waals surface area contributed by atoms with E-state index in [2.05, 4.69) is 32.6 Å². The summed E-state index contributed by atoms with van der Waals surface area (Å²) in [6, 6.07) is 19.1. The van der Waals surface area contributed by atoms with Crippen LogP contribution in [0.5, 0.6) is 11.5 Å². The fourth-order valence-electron chi connectivity index (χ4n) is 5.17. The van der Waals surface area contributed by atoms with Crippen LogP contribution in [0.2, 0.25) is 0 Å². The Labute approximate surface area is 225 Å². The van der Waals surface area contributed by atoms with E-state index in [1.54, 1.807) is 0 Å². The summed E-state index contributed by atoms with van der Waals surface area (Å²) in [4.78, 5) is 15.9. The number of anilines is 2. The van der Waals surface area contributed by atoms with E-state index in [1.165, 1.54) is 0 Å². The lowest BCUT2D eigenvalue weighted by Crippen LogP contribution is -2.72. The van der Waals surface area contributed by atoms with Gasteiger partial charge in [-0.05, 0) is 94.0 Å². The molecule has 3 aromatic rings. The monoisotopic (exact) mass is 565 g/mol. The molecule has 0 aliphatic carbocycles. The standard InChI is InChI=1S/C28H28BrN3O3S/c1-5-34-20-10-8-19(9-11-20)32-27(36)31-25-21-15-18(29)7-13-23(21)35-28(32,4)24(25)26(33)30-22-12-6-16(2)14-17(22)3/h6-15,24-25H,5H2,1-4H3,(H,30,33)(H,31,36)/t24-,25-,28+/m0/s1. The lowest BCUT2D eigenvalue weighted by atomic mass is 9.78. The van der Waals surface area contributed by atoms with E-state index in [0.29, 0.717) is 17.5 Å². The van der Waals surface area contributed by atoms with Gasteiger partial charge in [0, 0.05) is 21.4 Å². The van der Waals surface area contributed by atoms with Crippen molar-refractivity contribution in [1.82, 2.24) is 5.32 Å². The fourth-order valence-corrected chi connectivity index (χ4v) is 5.96. The Morgan fingerprint density at radius 2 is 1.92 bits per heavy atom. The van der Waals surface area contributed by atoms with Crippen LogP contribution in [0.25, 0.3) is 0 Å². The maximum atomic E-state index is 14.0. The Bertz CT molecular complexity index is 1350. The maximum absolute atomic E-state index is 14.0. The second-order valence-corrected chi connectivity index (χ2v) is 10.6. The molecule has 0 aromatic heterocycles. The number of rotatable bonds is 5. The van der Waals surface area contributed by atoms with Gasteiger partial charge in [-0.25, -0.2) is 0 Å². The topological polar surface area (TPSA) is 62.8 Å². The molecule has 0 saturated carbocycles. The fraction of sp³-hybridized carbons (Fsp3) is 0.286. The molecule has 8 heteroatoms. The molecule has 2 N–H and O–H groups in total. The highest BCUT2D eigenvalue weighted by Gasteiger charge is 2.59. The number of carbonyl (C=O) groups excluding carboxylic acids is 1. The SMILES string of the molecule is CCOc1ccc(N2C(=S)N[C@H]3c4cc(Br)ccc4O[C@]2(C)[C@@H]3C(=O)Nc2ccc(C)cc2C)cc1. The Hall–Kier alpha value is -3.10. The van der Waals surface area contributed by atoms with E-state index >= 15 is 0 Å². The summed E-state index contributed by atoms with van der Waals surface area (Å²) in [6.45, 7) is 8.49. The zero-order chi connectivity index (χ0) is 25.6. The molecule has 2 aliphatic heterocycles. The number of fused-ring (bicyclic) bond motifs is 4. The number of amides is 1. The number of hydrogen-bond donors (Lipinski definition) is 2. The van der Waals surface area contributed by atoms with Crippen molar-refractivity contribution >= 4 is 50.5 Å². The molecule has 5 rings (SSSR count). The highest BCUT2D eigenvalue weighted by molar-refractivity contribution is 9.10. The average molecular weight is 567 g/mol. The quantitative estimate of drug-likeness (QED) is 0.356. The highest BCUT2D eigenvalue weighted by atomic mass is 79.9. The summed E-state index contributed by atoms with van der Waals surface area (Å²) in [5.41, 5.74) is 3.54. The molecule has 2 aliphatic rings. The first-order chi connectivity index (χ1) is 17.2. The van der Waals surface area contributed by atoms with Crippen molar-refractivity contribution in [3.05, 3.63) is 81.8 Å². The van der Waals surface area contributed by atoms with Crippen molar-refractivity contribution < 1.29 is 14.3 Å². The van der Waals surface area contributed by atoms with Crippen LogP contribution in [0.4, 0.5) is 11.4 Å². The van der Waals surface area contributed by atoms with Crippen LogP contribution in [0.1, 0.15) is 36.6 Å². The Morgan fingerprint density at radius 1 is 1.17 bits per heavy atom. The third kappa shape index (κ3) is 4.22. The molecule has 6 nitrogen and oxygen atoms in total. The Kier molecular flexibility index (Phi) is 6.43. The second-order valence-electron chi connectivity index (χ2n) is 9.31. The smallest absolute Gasteiger partial charge is 0.236 e. The van der Waals surface area contributed by atoms with Gasteiger partial charge in [-0.2, -0.15) is 0 Å². The minimum Gasteiger partial charge on any atom is -0.494 e. The Morgan fingerprint density at radius 3 is 2.61 bits per heavy atom. The van der Waals surface area contributed by atoms with Crippen molar-refractivity contribution in [3.63, 3.8) is 0 Å². The number of halogens is 1. The largest absolute Gasteiger partial charge is 0.494 e. The zero-order valence-corrected chi connectivity index (χ0v) is 23.0. The normalized spacial score (nSPS) is 22.2. The summed E-state index contributed by atoms with van der Waals surface area (Å²) in [6.07, 6.45) is 0. The summed E-state index contributed by atoms with van der Waals surface area (Å²) in [5, 5.41) is 7.10. The van der Waals surface area contributed by atoms with Crippen LogP contribution in [-0.2, 0) is 4.79 Å². The molecular weight excluding hydrogens is 538 g/mol. The lowest BCUT2D eigenvalue weighted by molar-refractivity contribution is -0.130. The molecule has 186 valence electrons. The van der Waals surface area contributed by atoms with Crippen molar-refractivity contribution in [2.24, 2.45) is 5.92 Å². The van der Waals surface area contributed by atoms with Gasteiger partial charge in [-0.3, -0.25) is 9.69 Å². The van der Waals surface area contributed by atoms with Gasteiger partial charge in [0.15, 0.2) is 10.8 Å². The third-order valence-electron chi connectivity index (χ3n) is 6.79. The van der Waals surface area contributed by atoms with E-state index < -0.39 is 11.6 Å². The van der Waals surface area contributed by atoms with Crippen molar-refractivity contribution in [1.29, 1.82) is 0 Å². The predicted molar refractivity (Wildman–Crippen MR) is 150 cm³/mol. The van der Waals surface area contributed by atoms with Gasteiger partial charge < -0.3 is 20.1 Å². The second kappa shape index (κ2) is 9.41.